The fourth-order valence-electron chi connectivity index (χ4n) is 4.20. The highest BCUT2D eigenvalue weighted by Crippen LogP contribution is 2.46. The molecule has 4 heterocycles. The molecule has 0 amide bonds. The Balaban J connectivity index is 1.49. The van der Waals surface area contributed by atoms with Gasteiger partial charge in [-0.3, -0.25) is 9.88 Å². The second-order valence-corrected chi connectivity index (χ2v) is 10.1. The van der Waals surface area contributed by atoms with Gasteiger partial charge in [0.1, 0.15) is 0 Å². The molecule has 1 saturated heterocycles. The summed E-state index contributed by atoms with van der Waals surface area (Å²) in [5.74, 6) is 0.0617. The van der Waals surface area contributed by atoms with E-state index in [9.17, 15) is 8.42 Å². The van der Waals surface area contributed by atoms with E-state index in [2.05, 4.69) is 22.0 Å². The van der Waals surface area contributed by atoms with Crippen LogP contribution >= 0.6 is 11.3 Å². The molecule has 0 saturated carbocycles. The van der Waals surface area contributed by atoms with Crippen molar-refractivity contribution < 1.29 is 8.42 Å². The summed E-state index contributed by atoms with van der Waals surface area (Å²) in [6.07, 6.45) is 3.61. The summed E-state index contributed by atoms with van der Waals surface area (Å²) in [6, 6.07) is 13.9. The van der Waals surface area contributed by atoms with Gasteiger partial charge in [0.2, 0.25) is 0 Å². The molecule has 0 radical (unpaired) electrons. The van der Waals surface area contributed by atoms with Crippen molar-refractivity contribution in [1.82, 2.24) is 9.88 Å². The average Bonchev–Trinajstić information content (AvgIpc) is 3.35. The first-order valence-electron chi connectivity index (χ1n) is 8.66. The Morgan fingerprint density at radius 3 is 2.85 bits per heavy atom. The summed E-state index contributed by atoms with van der Waals surface area (Å²) < 4.78 is 26.1. The summed E-state index contributed by atoms with van der Waals surface area (Å²) in [6.45, 7) is 2.11. The molecule has 2 aliphatic heterocycles. The number of pyridine rings is 1. The zero-order valence-electron chi connectivity index (χ0n) is 14.1. The predicted octanol–water partition coefficient (Wildman–Crippen LogP) is 3.57. The van der Waals surface area contributed by atoms with Gasteiger partial charge in [0.05, 0.1) is 10.1 Å². The van der Waals surface area contributed by atoms with Crippen molar-refractivity contribution >= 4 is 21.2 Å². The van der Waals surface area contributed by atoms with Crippen molar-refractivity contribution in [1.29, 1.82) is 0 Å². The number of nitrogens with zero attached hydrogens (tertiary/aromatic N) is 2. The highest BCUT2D eigenvalue weighted by atomic mass is 32.2. The molecular weight excluding hydrogens is 364 g/mol. The van der Waals surface area contributed by atoms with Crippen LogP contribution in [0, 0.1) is 0 Å². The van der Waals surface area contributed by atoms with E-state index in [1.54, 1.807) is 17.5 Å². The first-order valence-corrected chi connectivity index (χ1v) is 11.1. The van der Waals surface area contributed by atoms with Crippen molar-refractivity contribution in [3.05, 3.63) is 71.4 Å². The van der Waals surface area contributed by atoms with Crippen LogP contribution in [0.3, 0.4) is 0 Å². The molecule has 0 spiro atoms. The van der Waals surface area contributed by atoms with Crippen molar-refractivity contribution in [3.63, 3.8) is 0 Å². The third kappa shape index (κ3) is 2.52. The molecule has 1 fully saturated rings. The van der Waals surface area contributed by atoms with E-state index in [1.807, 2.05) is 41.9 Å². The lowest BCUT2D eigenvalue weighted by Gasteiger charge is -2.17. The maximum absolute atomic E-state index is 13.0. The van der Waals surface area contributed by atoms with Crippen LogP contribution in [-0.2, 0) is 16.4 Å². The summed E-state index contributed by atoms with van der Waals surface area (Å²) in [4.78, 5) is 8.12. The number of likely N-dealkylation sites (tertiary alicyclic amines) is 1. The lowest BCUT2D eigenvalue weighted by Crippen LogP contribution is -2.25. The molecule has 1 aromatic carbocycles. The molecule has 2 unspecified atom stereocenters. The molecule has 4 nitrogen and oxygen atoms in total. The van der Waals surface area contributed by atoms with Gasteiger partial charge in [-0.2, -0.15) is 0 Å². The largest absolute Gasteiger partial charge is 0.297 e. The molecular formula is C20H18N2O2S2. The lowest BCUT2D eigenvalue weighted by atomic mass is 9.96. The summed E-state index contributed by atoms with van der Waals surface area (Å²) >= 11 is 1.68. The molecule has 2 aliphatic rings. The van der Waals surface area contributed by atoms with E-state index in [0.29, 0.717) is 11.4 Å². The lowest BCUT2D eigenvalue weighted by molar-refractivity contribution is 0.325. The topological polar surface area (TPSA) is 50.3 Å². The van der Waals surface area contributed by atoms with Gasteiger partial charge in [-0.05, 0) is 46.3 Å². The Bertz CT molecular complexity index is 1050. The number of hydrogen-bond donors (Lipinski definition) is 0. The number of benzene rings is 1. The molecule has 0 bridgehead atoms. The normalized spacial score (nSPS) is 23.7. The highest BCUT2D eigenvalue weighted by molar-refractivity contribution is 7.92. The number of aromatic nitrogens is 1. The van der Waals surface area contributed by atoms with Gasteiger partial charge in [-0.25, -0.2) is 8.42 Å². The fourth-order valence-corrected chi connectivity index (χ4v) is 7.12. The van der Waals surface area contributed by atoms with E-state index >= 15 is 0 Å². The maximum atomic E-state index is 13.0. The highest BCUT2D eigenvalue weighted by Gasteiger charge is 2.50. The second-order valence-electron chi connectivity index (χ2n) is 6.98. The van der Waals surface area contributed by atoms with Crippen LogP contribution in [0.1, 0.15) is 17.0 Å². The van der Waals surface area contributed by atoms with Crippen LogP contribution < -0.4 is 0 Å². The Kier molecular flexibility index (Phi) is 3.74. The first kappa shape index (κ1) is 16.2. The monoisotopic (exact) mass is 382 g/mol. The third-order valence-corrected chi connectivity index (χ3v) is 8.57. The molecule has 26 heavy (non-hydrogen) atoms. The summed E-state index contributed by atoms with van der Waals surface area (Å²) in [7, 11) is -3.25. The molecule has 2 atom stereocenters. The third-order valence-electron chi connectivity index (χ3n) is 5.39. The zero-order valence-corrected chi connectivity index (χ0v) is 15.7. The summed E-state index contributed by atoms with van der Waals surface area (Å²) in [5.41, 5.74) is 3.23. The average molecular weight is 383 g/mol. The van der Waals surface area contributed by atoms with Gasteiger partial charge in [-0.1, -0.05) is 18.2 Å². The number of fused-ring (bicyclic) bond motifs is 3. The molecule has 132 valence electrons. The van der Waals surface area contributed by atoms with Crippen molar-refractivity contribution in [2.75, 3.05) is 13.1 Å². The van der Waals surface area contributed by atoms with Crippen LogP contribution in [0.5, 0.6) is 0 Å². The van der Waals surface area contributed by atoms with Crippen molar-refractivity contribution in [2.24, 2.45) is 0 Å². The first-order chi connectivity index (χ1) is 12.6. The maximum Gasteiger partial charge on any atom is 0.183 e. The van der Waals surface area contributed by atoms with E-state index in [0.717, 1.165) is 29.8 Å². The standard InChI is InChI=1S/C20H18N2O2S2/c23-26(24)19-6-5-15(18-4-2-8-25-18)9-16(19)17-12-22(13-20(17)26)11-14-3-1-7-21-10-14/h1-10,17,20H,11-13H2. The minimum atomic E-state index is -3.25. The van der Waals surface area contributed by atoms with Gasteiger partial charge in [0, 0.05) is 42.8 Å². The van der Waals surface area contributed by atoms with Gasteiger partial charge in [0.15, 0.2) is 9.84 Å². The van der Waals surface area contributed by atoms with E-state index in [4.69, 9.17) is 0 Å². The quantitative estimate of drug-likeness (QED) is 0.695. The number of sulfone groups is 1. The van der Waals surface area contributed by atoms with Gasteiger partial charge >= 0.3 is 0 Å². The minimum absolute atomic E-state index is 0.0617. The van der Waals surface area contributed by atoms with E-state index in [-0.39, 0.29) is 11.2 Å². The molecule has 0 N–H and O–H groups in total. The van der Waals surface area contributed by atoms with Gasteiger partial charge < -0.3 is 0 Å². The van der Waals surface area contributed by atoms with Crippen LogP contribution in [-0.4, -0.2) is 36.6 Å². The summed E-state index contributed by atoms with van der Waals surface area (Å²) in [5, 5.41) is 1.72. The van der Waals surface area contributed by atoms with Crippen LogP contribution in [0.15, 0.2) is 65.1 Å². The van der Waals surface area contributed by atoms with Crippen LogP contribution in [0.4, 0.5) is 0 Å². The Morgan fingerprint density at radius 1 is 1.15 bits per heavy atom. The number of thiophene rings is 1. The fraction of sp³-hybridized carbons (Fsp3) is 0.250. The van der Waals surface area contributed by atoms with Crippen LogP contribution in [0.25, 0.3) is 10.4 Å². The predicted molar refractivity (Wildman–Crippen MR) is 103 cm³/mol. The Hall–Kier alpha value is -2.02. The second kappa shape index (κ2) is 6.01. The minimum Gasteiger partial charge on any atom is -0.297 e. The number of hydrogen-bond acceptors (Lipinski definition) is 5. The molecule has 5 rings (SSSR count). The zero-order chi connectivity index (χ0) is 17.7. The van der Waals surface area contributed by atoms with Gasteiger partial charge in [-0.15, -0.1) is 11.3 Å². The van der Waals surface area contributed by atoms with Crippen molar-refractivity contribution in [3.8, 4) is 10.4 Å². The molecule has 0 aliphatic carbocycles. The van der Waals surface area contributed by atoms with Crippen molar-refractivity contribution in [2.45, 2.75) is 22.6 Å². The van der Waals surface area contributed by atoms with E-state index in [1.165, 1.54) is 4.88 Å². The smallest absolute Gasteiger partial charge is 0.183 e. The SMILES string of the molecule is O=S1(=O)c2ccc(-c3cccs3)cc2C2CN(Cc3cccnc3)CC21. The Morgan fingerprint density at radius 2 is 2.08 bits per heavy atom. The number of rotatable bonds is 3. The van der Waals surface area contributed by atoms with Crippen LogP contribution in [0.2, 0.25) is 0 Å². The molecule has 2 aromatic heterocycles. The Labute approximate surface area is 157 Å². The van der Waals surface area contributed by atoms with Gasteiger partial charge in [0.25, 0.3) is 0 Å². The molecule has 3 aromatic rings. The molecule has 6 heteroatoms. The van der Waals surface area contributed by atoms with E-state index < -0.39 is 9.84 Å².